The Kier molecular flexibility index (Phi) is 4.47. The molecule has 6 nitrogen and oxygen atoms in total. The molecular weight excluding hydrogens is 290 g/mol. The summed E-state index contributed by atoms with van der Waals surface area (Å²) in [7, 11) is 0. The van der Waals surface area contributed by atoms with Crippen molar-refractivity contribution < 1.29 is 8.78 Å². The molecule has 1 unspecified atom stereocenters. The average Bonchev–Trinajstić information content (AvgIpc) is 3.15. The first kappa shape index (κ1) is 15.1. The van der Waals surface area contributed by atoms with Crippen molar-refractivity contribution in [2.24, 2.45) is 0 Å². The second-order valence-electron chi connectivity index (χ2n) is 5.58. The van der Waals surface area contributed by atoms with E-state index < -0.39 is 6.55 Å². The molecule has 2 aromatic heterocycles. The van der Waals surface area contributed by atoms with Crippen molar-refractivity contribution in [2.45, 2.75) is 45.3 Å². The fraction of sp³-hybridized carbons (Fsp3) is 0.643. The second-order valence-corrected chi connectivity index (χ2v) is 5.58. The van der Waals surface area contributed by atoms with Gasteiger partial charge in [-0.1, -0.05) is 0 Å². The van der Waals surface area contributed by atoms with E-state index in [1.807, 2.05) is 4.57 Å². The lowest BCUT2D eigenvalue weighted by molar-refractivity contribution is 0.0627. The van der Waals surface area contributed by atoms with Gasteiger partial charge in [0.15, 0.2) is 0 Å². The van der Waals surface area contributed by atoms with Gasteiger partial charge in [0.1, 0.15) is 18.0 Å². The quantitative estimate of drug-likeness (QED) is 0.850. The van der Waals surface area contributed by atoms with Crippen LogP contribution in [0.4, 0.5) is 8.78 Å². The number of hydrogen-bond donors (Lipinski definition) is 0. The van der Waals surface area contributed by atoms with Gasteiger partial charge < -0.3 is 4.57 Å². The number of rotatable bonds is 5. The van der Waals surface area contributed by atoms with Crippen LogP contribution in [0.25, 0.3) is 0 Å². The third-order valence-corrected chi connectivity index (χ3v) is 4.18. The number of halogens is 2. The van der Waals surface area contributed by atoms with Gasteiger partial charge in [-0.25, -0.2) is 4.98 Å². The molecular formula is C14H20F2N6. The Morgan fingerprint density at radius 2 is 2.27 bits per heavy atom. The summed E-state index contributed by atoms with van der Waals surface area (Å²) in [5, 5.41) is 8.22. The summed E-state index contributed by atoms with van der Waals surface area (Å²) in [5.74, 6) is 1.70. The summed E-state index contributed by atoms with van der Waals surface area (Å²) in [6, 6.07) is 0. The number of likely N-dealkylation sites (tertiary alicyclic amines) is 1. The molecule has 0 saturated carbocycles. The Morgan fingerprint density at radius 1 is 1.41 bits per heavy atom. The number of aryl methyl sites for hydroxylation is 1. The molecule has 0 aliphatic carbocycles. The van der Waals surface area contributed by atoms with E-state index in [9.17, 15) is 8.78 Å². The van der Waals surface area contributed by atoms with E-state index >= 15 is 0 Å². The second kappa shape index (κ2) is 6.51. The highest BCUT2D eigenvalue weighted by atomic mass is 19.3. The number of imidazole rings is 1. The van der Waals surface area contributed by atoms with E-state index in [1.54, 1.807) is 6.33 Å². The van der Waals surface area contributed by atoms with Crippen LogP contribution in [0.1, 0.15) is 43.9 Å². The van der Waals surface area contributed by atoms with Crippen LogP contribution < -0.4 is 0 Å². The van der Waals surface area contributed by atoms with Gasteiger partial charge in [-0.15, -0.1) is 10.2 Å². The van der Waals surface area contributed by atoms with Crippen molar-refractivity contribution in [1.82, 2.24) is 29.2 Å². The molecule has 0 amide bonds. The Bertz CT molecular complexity index is 608. The molecule has 0 aromatic carbocycles. The first-order valence-electron chi connectivity index (χ1n) is 7.59. The van der Waals surface area contributed by atoms with Crippen LogP contribution in [0.15, 0.2) is 18.7 Å². The highest BCUT2D eigenvalue weighted by Crippen LogP contribution is 2.26. The molecule has 1 saturated heterocycles. The predicted octanol–water partition coefficient (Wildman–Crippen LogP) is 2.27. The van der Waals surface area contributed by atoms with E-state index in [1.165, 1.54) is 12.4 Å². The van der Waals surface area contributed by atoms with Crippen LogP contribution in [-0.2, 0) is 13.1 Å². The molecule has 22 heavy (non-hydrogen) atoms. The van der Waals surface area contributed by atoms with E-state index in [0.717, 1.165) is 42.9 Å². The van der Waals surface area contributed by atoms with Gasteiger partial charge in [-0.3, -0.25) is 9.47 Å². The van der Waals surface area contributed by atoms with Gasteiger partial charge in [-0.05, 0) is 26.3 Å². The first-order valence-corrected chi connectivity index (χ1v) is 7.59. The van der Waals surface area contributed by atoms with Gasteiger partial charge in [0.2, 0.25) is 0 Å². The average molecular weight is 310 g/mol. The minimum absolute atomic E-state index is 0.297. The molecule has 8 heteroatoms. The van der Waals surface area contributed by atoms with Crippen LogP contribution in [0.5, 0.6) is 0 Å². The summed E-state index contributed by atoms with van der Waals surface area (Å²) >= 11 is 0. The molecule has 120 valence electrons. The zero-order chi connectivity index (χ0) is 15.5. The largest absolute Gasteiger partial charge is 0.319 e. The van der Waals surface area contributed by atoms with Crippen molar-refractivity contribution in [3.05, 3.63) is 30.4 Å². The summed E-state index contributed by atoms with van der Waals surface area (Å²) in [6.07, 6.45) is 6.58. The molecule has 0 bridgehead atoms. The van der Waals surface area contributed by atoms with E-state index in [2.05, 4.69) is 27.0 Å². The molecule has 1 aliphatic heterocycles. The first-order chi connectivity index (χ1) is 10.7. The lowest BCUT2D eigenvalue weighted by Gasteiger charge is -2.32. The molecule has 1 aliphatic rings. The predicted molar refractivity (Wildman–Crippen MR) is 76.4 cm³/mol. The Labute approximate surface area is 127 Å². The lowest BCUT2D eigenvalue weighted by Crippen LogP contribution is -2.35. The third kappa shape index (κ3) is 3.01. The summed E-state index contributed by atoms with van der Waals surface area (Å²) in [6.45, 7) is 2.50. The minimum atomic E-state index is -2.54. The highest BCUT2D eigenvalue weighted by molar-refractivity contribution is 5.01. The number of hydrogen-bond acceptors (Lipinski definition) is 4. The maximum absolute atomic E-state index is 12.9. The molecule has 3 rings (SSSR count). The van der Waals surface area contributed by atoms with E-state index in [4.69, 9.17) is 0 Å². The standard InChI is InChI=1S/C14H20F2N6/c1-2-21-10-18-19-13(21)11-4-3-6-20(8-11)9-12-17-5-7-22(12)14(15)16/h5,7,10-11,14H,2-4,6,8-9H2,1H3. The smallest absolute Gasteiger partial charge is 0.318 e. The molecule has 2 aromatic rings. The van der Waals surface area contributed by atoms with Crippen molar-refractivity contribution in [2.75, 3.05) is 13.1 Å². The third-order valence-electron chi connectivity index (χ3n) is 4.18. The van der Waals surface area contributed by atoms with Crippen LogP contribution in [0.3, 0.4) is 0 Å². The maximum Gasteiger partial charge on any atom is 0.319 e. The maximum atomic E-state index is 12.9. The Morgan fingerprint density at radius 3 is 3.05 bits per heavy atom. The van der Waals surface area contributed by atoms with Crippen LogP contribution >= 0.6 is 0 Å². The SMILES string of the molecule is CCn1cnnc1C1CCCN(Cc2nccn2C(F)F)C1. The molecule has 0 N–H and O–H groups in total. The lowest BCUT2D eigenvalue weighted by atomic mass is 9.97. The number of alkyl halides is 2. The summed E-state index contributed by atoms with van der Waals surface area (Å²) in [4.78, 5) is 6.23. The van der Waals surface area contributed by atoms with Gasteiger partial charge >= 0.3 is 6.55 Å². The van der Waals surface area contributed by atoms with Crippen LogP contribution in [0, 0.1) is 0 Å². The number of aromatic nitrogens is 5. The fourth-order valence-electron chi connectivity index (χ4n) is 3.08. The van der Waals surface area contributed by atoms with Crippen molar-refractivity contribution >= 4 is 0 Å². The normalized spacial score (nSPS) is 19.9. The monoisotopic (exact) mass is 310 g/mol. The van der Waals surface area contributed by atoms with Crippen LogP contribution in [0.2, 0.25) is 0 Å². The Hall–Kier alpha value is -1.83. The van der Waals surface area contributed by atoms with Gasteiger partial charge in [-0.2, -0.15) is 8.78 Å². The Balaban J connectivity index is 1.69. The topological polar surface area (TPSA) is 51.8 Å². The van der Waals surface area contributed by atoms with Gasteiger partial charge in [0.25, 0.3) is 0 Å². The minimum Gasteiger partial charge on any atom is -0.318 e. The zero-order valence-electron chi connectivity index (χ0n) is 12.6. The molecule has 0 spiro atoms. The molecule has 1 fully saturated rings. The summed E-state index contributed by atoms with van der Waals surface area (Å²) in [5.41, 5.74) is 0. The fourth-order valence-corrected chi connectivity index (χ4v) is 3.08. The van der Waals surface area contributed by atoms with Crippen molar-refractivity contribution in [1.29, 1.82) is 0 Å². The molecule has 3 heterocycles. The van der Waals surface area contributed by atoms with Gasteiger partial charge in [0, 0.05) is 31.4 Å². The highest BCUT2D eigenvalue weighted by Gasteiger charge is 2.26. The van der Waals surface area contributed by atoms with E-state index in [-0.39, 0.29) is 0 Å². The van der Waals surface area contributed by atoms with E-state index in [0.29, 0.717) is 18.3 Å². The zero-order valence-corrected chi connectivity index (χ0v) is 12.6. The molecule has 0 radical (unpaired) electrons. The number of piperidine rings is 1. The number of nitrogens with zero attached hydrogens (tertiary/aromatic N) is 6. The van der Waals surface area contributed by atoms with Gasteiger partial charge in [0.05, 0.1) is 6.54 Å². The van der Waals surface area contributed by atoms with Crippen LogP contribution in [-0.4, -0.2) is 42.3 Å². The molecule has 1 atom stereocenters. The van der Waals surface area contributed by atoms with Crippen molar-refractivity contribution in [3.63, 3.8) is 0 Å². The van der Waals surface area contributed by atoms with Crippen molar-refractivity contribution in [3.8, 4) is 0 Å². The summed E-state index contributed by atoms with van der Waals surface area (Å²) < 4.78 is 28.8.